The van der Waals surface area contributed by atoms with E-state index in [4.69, 9.17) is 16.3 Å². The van der Waals surface area contributed by atoms with Gasteiger partial charge in [0.25, 0.3) is 0 Å². The lowest BCUT2D eigenvalue weighted by atomic mass is 9.88. The van der Waals surface area contributed by atoms with Gasteiger partial charge in [0.1, 0.15) is 11.5 Å². The van der Waals surface area contributed by atoms with Crippen LogP contribution in [0.5, 0.6) is 5.75 Å². The first-order valence-electron chi connectivity index (χ1n) is 7.61. The molecule has 112 valence electrons. The Bertz CT molecular complexity index is 851. The van der Waals surface area contributed by atoms with E-state index < -0.39 is 0 Å². The monoisotopic (exact) mass is 318 g/mol. The summed E-state index contributed by atoms with van der Waals surface area (Å²) in [6.45, 7) is 0. The minimum absolute atomic E-state index is 0.187. The first-order valence-corrected chi connectivity index (χ1v) is 7.98. The second-order valence-electron chi connectivity index (χ2n) is 5.57. The molecule has 0 aromatic heterocycles. The van der Waals surface area contributed by atoms with Crippen molar-refractivity contribution in [3.63, 3.8) is 0 Å². The summed E-state index contributed by atoms with van der Waals surface area (Å²) in [6.07, 6.45) is 2.18. The molecule has 1 heterocycles. The number of fused-ring (bicyclic) bond motifs is 1. The Labute approximate surface area is 140 Å². The van der Waals surface area contributed by atoms with Gasteiger partial charge in [-0.25, -0.2) is 0 Å². The zero-order chi connectivity index (χ0) is 15.6. The number of rotatable bonds is 2. The quantitative estimate of drug-likeness (QED) is 0.571. The summed E-state index contributed by atoms with van der Waals surface area (Å²) >= 11 is 6.00. The van der Waals surface area contributed by atoms with Crippen LogP contribution in [0.3, 0.4) is 0 Å². The zero-order valence-corrected chi connectivity index (χ0v) is 13.2. The summed E-state index contributed by atoms with van der Waals surface area (Å²) in [6, 6.07) is 26.5. The van der Waals surface area contributed by atoms with E-state index in [9.17, 15) is 0 Å². The molecule has 0 saturated heterocycles. The Balaban J connectivity index is 1.83. The molecular formula is C21H15ClO. The number of hydrogen-bond acceptors (Lipinski definition) is 1. The molecule has 3 aromatic carbocycles. The standard InChI is InChI=1S/C21H15ClO/c22-17-12-10-16(11-13-17)21-14-19(15-6-2-1-3-7-15)18-8-4-5-9-20(18)23-21/h1-14,19H. The fourth-order valence-electron chi connectivity index (χ4n) is 2.93. The van der Waals surface area contributed by atoms with Crippen molar-refractivity contribution in [2.45, 2.75) is 5.92 Å². The van der Waals surface area contributed by atoms with Crippen molar-refractivity contribution >= 4 is 17.4 Å². The van der Waals surface area contributed by atoms with E-state index in [1.807, 2.05) is 42.5 Å². The van der Waals surface area contributed by atoms with Gasteiger partial charge in [0, 0.05) is 22.1 Å². The Morgan fingerprint density at radius 1 is 0.739 bits per heavy atom. The maximum Gasteiger partial charge on any atom is 0.131 e. The molecule has 0 saturated carbocycles. The topological polar surface area (TPSA) is 9.23 Å². The van der Waals surface area contributed by atoms with Crippen molar-refractivity contribution in [3.8, 4) is 5.75 Å². The van der Waals surface area contributed by atoms with Crippen LogP contribution in [-0.4, -0.2) is 0 Å². The molecule has 4 rings (SSSR count). The van der Waals surface area contributed by atoms with Gasteiger partial charge in [-0.3, -0.25) is 0 Å². The van der Waals surface area contributed by atoms with Crippen molar-refractivity contribution in [1.82, 2.24) is 0 Å². The second-order valence-corrected chi connectivity index (χ2v) is 6.00. The van der Waals surface area contributed by atoms with Crippen LogP contribution in [0.1, 0.15) is 22.6 Å². The summed E-state index contributed by atoms with van der Waals surface area (Å²) in [4.78, 5) is 0. The summed E-state index contributed by atoms with van der Waals surface area (Å²) < 4.78 is 6.13. The van der Waals surface area contributed by atoms with Gasteiger partial charge in [0.05, 0.1) is 0 Å². The normalized spacial score (nSPS) is 16.2. The van der Waals surface area contributed by atoms with Gasteiger partial charge in [-0.05, 0) is 42.0 Å². The molecular weight excluding hydrogens is 304 g/mol. The number of benzene rings is 3. The Morgan fingerprint density at radius 3 is 2.22 bits per heavy atom. The fraction of sp³-hybridized carbons (Fsp3) is 0.0476. The van der Waals surface area contributed by atoms with E-state index in [0.717, 1.165) is 22.1 Å². The molecule has 2 heteroatoms. The average Bonchev–Trinajstić information content (AvgIpc) is 2.62. The molecule has 1 aliphatic heterocycles. The summed E-state index contributed by atoms with van der Waals surface area (Å²) in [5, 5.41) is 0.727. The summed E-state index contributed by atoms with van der Waals surface area (Å²) in [5.74, 6) is 1.97. The van der Waals surface area contributed by atoms with E-state index in [2.05, 4.69) is 42.5 Å². The number of allylic oxidation sites excluding steroid dienone is 1. The molecule has 0 bridgehead atoms. The lowest BCUT2D eigenvalue weighted by molar-refractivity contribution is 0.492. The van der Waals surface area contributed by atoms with Crippen LogP contribution < -0.4 is 4.74 Å². The highest BCUT2D eigenvalue weighted by Crippen LogP contribution is 2.40. The Hall–Kier alpha value is -2.51. The lowest BCUT2D eigenvalue weighted by Gasteiger charge is -2.25. The highest BCUT2D eigenvalue weighted by Gasteiger charge is 2.23. The second kappa shape index (κ2) is 5.94. The summed E-state index contributed by atoms with van der Waals surface area (Å²) in [7, 11) is 0. The highest BCUT2D eigenvalue weighted by molar-refractivity contribution is 6.30. The third kappa shape index (κ3) is 2.76. The number of para-hydroxylation sites is 1. The Kier molecular flexibility index (Phi) is 3.64. The third-order valence-corrected chi connectivity index (χ3v) is 4.33. The van der Waals surface area contributed by atoms with Crippen LogP contribution in [0.15, 0.2) is 84.9 Å². The average molecular weight is 319 g/mol. The molecule has 0 aliphatic carbocycles. The number of ether oxygens (including phenoxy) is 1. The van der Waals surface area contributed by atoms with E-state index in [-0.39, 0.29) is 5.92 Å². The first-order chi connectivity index (χ1) is 11.3. The minimum Gasteiger partial charge on any atom is -0.457 e. The molecule has 1 unspecified atom stereocenters. The molecule has 1 atom stereocenters. The van der Waals surface area contributed by atoms with E-state index in [1.54, 1.807) is 0 Å². The van der Waals surface area contributed by atoms with E-state index in [1.165, 1.54) is 11.1 Å². The molecule has 0 amide bonds. The van der Waals surface area contributed by atoms with E-state index >= 15 is 0 Å². The third-order valence-electron chi connectivity index (χ3n) is 4.08. The van der Waals surface area contributed by atoms with Crippen LogP contribution in [0.4, 0.5) is 0 Å². The fourth-order valence-corrected chi connectivity index (χ4v) is 3.06. The Morgan fingerprint density at radius 2 is 1.43 bits per heavy atom. The van der Waals surface area contributed by atoms with Crippen LogP contribution in [0.25, 0.3) is 5.76 Å². The van der Waals surface area contributed by atoms with Gasteiger partial charge in [-0.15, -0.1) is 0 Å². The molecule has 1 aliphatic rings. The van der Waals surface area contributed by atoms with Crippen LogP contribution in [0, 0.1) is 0 Å². The highest BCUT2D eigenvalue weighted by atomic mass is 35.5. The largest absolute Gasteiger partial charge is 0.457 e. The van der Waals surface area contributed by atoms with Crippen molar-refractivity contribution in [3.05, 3.63) is 107 Å². The van der Waals surface area contributed by atoms with Crippen LogP contribution in [0.2, 0.25) is 5.02 Å². The SMILES string of the molecule is Clc1ccc(C2=CC(c3ccccc3)c3ccccc3O2)cc1. The van der Waals surface area contributed by atoms with Crippen molar-refractivity contribution < 1.29 is 4.74 Å². The molecule has 1 nitrogen and oxygen atoms in total. The molecule has 0 N–H and O–H groups in total. The molecule has 23 heavy (non-hydrogen) atoms. The maximum absolute atomic E-state index is 6.13. The lowest BCUT2D eigenvalue weighted by Crippen LogP contribution is -2.10. The molecule has 0 fully saturated rings. The van der Waals surface area contributed by atoms with Crippen LogP contribution in [-0.2, 0) is 0 Å². The summed E-state index contributed by atoms with van der Waals surface area (Å²) in [5.41, 5.74) is 3.48. The van der Waals surface area contributed by atoms with Gasteiger partial charge in [-0.1, -0.05) is 60.1 Å². The van der Waals surface area contributed by atoms with Gasteiger partial charge in [-0.2, -0.15) is 0 Å². The van der Waals surface area contributed by atoms with Crippen molar-refractivity contribution in [1.29, 1.82) is 0 Å². The maximum atomic E-state index is 6.13. The molecule has 3 aromatic rings. The van der Waals surface area contributed by atoms with Gasteiger partial charge in [0.2, 0.25) is 0 Å². The van der Waals surface area contributed by atoms with Gasteiger partial charge >= 0.3 is 0 Å². The number of halogens is 1. The van der Waals surface area contributed by atoms with E-state index in [0.29, 0.717) is 0 Å². The predicted octanol–water partition coefficient (Wildman–Crippen LogP) is 5.91. The van der Waals surface area contributed by atoms with Gasteiger partial charge in [0.15, 0.2) is 0 Å². The molecule has 0 radical (unpaired) electrons. The van der Waals surface area contributed by atoms with Gasteiger partial charge < -0.3 is 4.74 Å². The smallest absolute Gasteiger partial charge is 0.131 e. The minimum atomic E-state index is 0.187. The van der Waals surface area contributed by atoms with Crippen molar-refractivity contribution in [2.24, 2.45) is 0 Å². The molecule has 0 spiro atoms. The number of hydrogen-bond donors (Lipinski definition) is 0. The van der Waals surface area contributed by atoms with Crippen molar-refractivity contribution in [2.75, 3.05) is 0 Å². The zero-order valence-electron chi connectivity index (χ0n) is 12.4. The van der Waals surface area contributed by atoms with Crippen LogP contribution >= 0.6 is 11.6 Å². The first kappa shape index (κ1) is 14.1. The predicted molar refractivity (Wildman–Crippen MR) is 94.8 cm³/mol.